The normalized spacial score (nSPS) is 12.3. The molecule has 0 fully saturated rings. The molecule has 0 rings (SSSR count). The van der Waals surface area contributed by atoms with Crippen molar-refractivity contribution in [2.75, 3.05) is 40.0 Å². The Kier molecular flexibility index (Phi) is 39.6. The average Bonchev–Trinajstić information content (AvgIpc) is 3.21. The Morgan fingerprint density at radius 3 is 1.18 bits per heavy atom. The smallest absolute Gasteiger partial charge is 0.330 e. The van der Waals surface area contributed by atoms with E-state index in [1.54, 1.807) is 7.11 Å². The summed E-state index contributed by atoms with van der Waals surface area (Å²) < 4.78 is 17.2. The summed E-state index contributed by atoms with van der Waals surface area (Å²) in [5.41, 5.74) is -0.790. The first-order chi connectivity index (χ1) is 29.0. The monoisotopic (exact) mass is 853 g/mol. The van der Waals surface area contributed by atoms with Crippen molar-refractivity contribution in [3.63, 3.8) is 0 Å². The fourth-order valence-corrected chi connectivity index (χ4v) is 7.30. The van der Waals surface area contributed by atoms with Gasteiger partial charge in [0.2, 0.25) is 0 Å². The Morgan fingerprint density at radius 2 is 0.800 bits per heavy atom. The topological polar surface area (TPSA) is 127 Å². The van der Waals surface area contributed by atoms with Crippen molar-refractivity contribution in [2.24, 2.45) is 0 Å². The summed E-state index contributed by atoms with van der Waals surface area (Å²) in [5.74, 6) is -0.587. The molecule has 0 heterocycles. The number of hydrogen-bond acceptors (Lipinski definition) is 6. The third-order valence-electron chi connectivity index (χ3n) is 11.9. The van der Waals surface area contributed by atoms with Crippen LogP contribution >= 0.6 is 0 Å². The van der Waals surface area contributed by atoms with Crippen LogP contribution in [0.1, 0.15) is 247 Å². The lowest BCUT2D eigenvalue weighted by Gasteiger charge is -2.29. The van der Waals surface area contributed by atoms with E-state index < -0.39 is 23.6 Å². The molecule has 0 saturated heterocycles. The van der Waals surface area contributed by atoms with Gasteiger partial charge in [0.05, 0.1) is 31.0 Å². The Balaban J connectivity index is 4.46. The first-order valence-electron chi connectivity index (χ1n) is 25.4. The zero-order valence-corrected chi connectivity index (χ0v) is 40.7. The van der Waals surface area contributed by atoms with Crippen LogP contribution in [-0.2, 0) is 19.0 Å². The van der Waals surface area contributed by atoms with Crippen molar-refractivity contribution >= 4 is 18.0 Å². The highest BCUT2D eigenvalue weighted by Gasteiger charge is 2.26. The van der Waals surface area contributed by atoms with Crippen molar-refractivity contribution in [2.45, 2.75) is 264 Å². The molecule has 10 nitrogen and oxygen atoms in total. The van der Waals surface area contributed by atoms with E-state index in [0.717, 1.165) is 32.1 Å². The highest BCUT2D eigenvalue weighted by atomic mass is 16.5. The number of urea groups is 2. The summed E-state index contributed by atoms with van der Waals surface area (Å²) in [6.45, 7) is 14.2. The molecule has 0 saturated carbocycles. The minimum atomic E-state index is -1.02. The van der Waals surface area contributed by atoms with Crippen LogP contribution in [0.4, 0.5) is 9.59 Å². The minimum absolute atomic E-state index is 0.0676. The van der Waals surface area contributed by atoms with Gasteiger partial charge in [-0.2, -0.15) is 0 Å². The number of rotatable bonds is 44. The molecule has 0 spiro atoms. The molecule has 356 valence electrons. The van der Waals surface area contributed by atoms with Gasteiger partial charge in [-0.25, -0.2) is 14.4 Å². The lowest BCUT2D eigenvalue weighted by atomic mass is 10.0. The van der Waals surface area contributed by atoms with Gasteiger partial charge in [-0.1, -0.05) is 194 Å². The molecule has 4 amide bonds. The van der Waals surface area contributed by atoms with Crippen molar-refractivity contribution in [3.8, 4) is 0 Å². The summed E-state index contributed by atoms with van der Waals surface area (Å²) in [4.78, 5) is 38.7. The highest BCUT2D eigenvalue weighted by Crippen LogP contribution is 2.19. The predicted molar refractivity (Wildman–Crippen MR) is 253 cm³/mol. The Morgan fingerprint density at radius 1 is 0.450 bits per heavy atom. The van der Waals surface area contributed by atoms with Crippen molar-refractivity contribution in [1.82, 2.24) is 21.3 Å². The SMILES string of the molecule is CCCCCCCCCCCCCCCCCCNC(=O)NC(CNC(=O)NCCCCCCCCCCCCCCCC)C(=O)OCCC(C)(C)OCCC(C)(C)OC. The zero-order valence-electron chi connectivity index (χ0n) is 40.7. The quantitative estimate of drug-likeness (QED) is 0.0357. The van der Waals surface area contributed by atoms with E-state index in [4.69, 9.17) is 14.2 Å². The summed E-state index contributed by atoms with van der Waals surface area (Å²) in [6.07, 6.45) is 40.0. The molecule has 0 aliphatic rings. The van der Waals surface area contributed by atoms with Crippen molar-refractivity contribution in [1.29, 1.82) is 0 Å². The number of nitrogens with one attached hydrogen (secondary N) is 4. The summed E-state index contributed by atoms with van der Waals surface area (Å²) in [6, 6.07) is -1.81. The Labute approximate surface area is 371 Å². The summed E-state index contributed by atoms with van der Waals surface area (Å²) in [7, 11) is 1.69. The van der Waals surface area contributed by atoms with Crippen LogP contribution < -0.4 is 21.3 Å². The van der Waals surface area contributed by atoms with E-state index in [-0.39, 0.29) is 24.8 Å². The van der Waals surface area contributed by atoms with Gasteiger partial charge in [0.15, 0.2) is 0 Å². The van der Waals surface area contributed by atoms with Crippen molar-refractivity contribution < 1.29 is 28.6 Å². The van der Waals surface area contributed by atoms with Crippen LogP contribution in [0.3, 0.4) is 0 Å². The molecule has 60 heavy (non-hydrogen) atoms. The zero-order chi connectivity index (χ0) is 44.4. The van der Waals surface area contributed by atoms with Gasteiger partial charge in [0.1, 0.15) is 6.04 Å². The van der Waals surface area contributed by atoms with E-state index >= 15 is 0 Å². The highest BCUT2D eigenvalue weighted by molar-refractivity contribution is 5.84. The standard InChI is InChI=1S/C50H100N4O6/c1-8-10-12-14-16-18-20-22-24-25-27-29-31-33-35-37-41-52-48(57)54-45(46(55)59-42-38-50(5,6)60-43-39-49(3,4)58-7)44-53-47(56)51-40-36-34-32-30-28-26-23-21-19-17-15-13-11-9-2/h45H,8-44H2,1-7H3,(H2,51,53,56)(H2,52,54,57). The maximum absolute atomic E-state index is 13.2. The third-order valence-corrected chi connectivity index (χ3v) is 11.9. The first kappa shape index (κ1) is 57.9. The molecule has 1 atom stereocenters. The van der Waals surface area contributed by atoms with E-state index in [9.17, 15) is 14.4 Å². The maximum Gasteiger partial charge on any atom is 0.330 e. The van der Waals surface area contributed by atoms with Crippen LogP contribution in [0.25, 0.3) is 0 Å². The number of ether oxygens (including phenoxy) is 3. The van der Waals surface area contributed by atoms with E-state index in [2.05, 4.69) is 35.1 Å². The number of amides is 4. The number of carbonyl (C=O) groups excluding carboxylic acids is 3. The summed E-state index contributed by atoms with van der Waals surface area (Å²) in [5, 5.41) is 11.3. The molecule has 0 aromatic heterocycles. The van der Waals surface area contributed by atoms with Crippen LogP contribution in [0.5, 0.6) is 0 Å². The Hall–Kier alpha value is -2.07. The molecule has 1 unspecified atom stereocenters. The van der Waals surface area contributed by atoms with Gasteiger partial charge in [-0.15, -0.1) is 0 Å². The van der Waals surface area contributed by atoms with Crippen LogP contribution in [0.2, 0.25) is 0 Å². The molecule has 10 heteroatoms. The van der Waals surface area contributed by atoms with Crippen molar-refractivity contribution in [3.05, 3.63) is 0 Å². The lowest BCUT2D eigenvalue weighted by molar-refractivity contribution is -0.147. The second kappa shape index (κ2) is 41.0. The number of hydrogen-bond donors (Lipinski definition) is 4. The Bertz CT molecular complexity index is 994. The number of unbranched alkanes of at least 4 members (excludes halogenated alkanes) is 28. The predicted octanol–water partition coefficient (Wildman–Crippen LogP) is 13.2. The fraction of sp³-hybridized carbons (Fsp3) is 0.940. The van der Waals surface area contributed by atoms with Gasteiger partial charge in [-0.3, -0.25) is 0 Å². The van der Waals surface area contributed by atoms with Crippen LogP contribution in [0.15, 0.2) is 0 Å². The average molecular weight is 853 g/mol. The number of methoxy groups -OCH3 is 1. The number of carbonyl (C=O) groups is 3. The first-order valence-corrected chi connectivity index (χ1v) is 25.4. The van der Waals surface area contributed by atoms with Gasteiger partial charge < -0.3 is 35.5 Å². The molecular formula is C50H100N4O6. The minimum Gasteiger partial charge on any atom is -0.464 e. The lowest BCUT2D eigenvalue weighted by Crippen LogP contribution is -2.53. The molecule has 0 aliphatic heterocycles. The second-order valence-electron chi connectivity index (χ2n) is 18.7. The van der Waals surface area contributed by atoms with Gasteiger partial charge >= 0.3 is 18.0 Å². The van der Waals surface area contributed by atoms with Gasteiger partial charge in [-0.05, 0) is 47.0 Å². The van der Waals surface area contributed by atoms with Crippen LogP contribution in [-0.4, -0.2) is 75.2 Å². The molecular weight excluding hydrogens is 753 g/mol. The molecule has 0 aromatic carbocycles. The molecule has 0 bridgehead atoms. The van der Waals surface area contributed by atoms with Gasteiger partial charge in [0, 0.05) is 26.6 Å². The third kappa shape index (κ3) is 40.0. The van der Waals surface area contributed by atoms with E-state index in [1.165, 1.54) is 167 Å². The molecule has 0 aliphatic carbocycles. The summed E-state index contributed by atoms with van der Waals surface area (Å²) >= 11 is 0. The molecule has 0 aromatic rings. The van der Waals surface area contributed by atoms with E-state index in [0.29, 0.717) is 26.1 Å². The molecule has 0 radical (unpaired) electrons. The van der Waals surface area contributed by atoms with E-state index in [1.807, 2.05) is 27.7 Å². The number of esters is 1. The molecule has 4 N–H and O–H groups in total. The fourth-order valence-electron chi connectivity index (χ4n) is 7.30. The largest absolute Gasteiger partial charge is 0.464 e. The second-order valence-corrected chi connectivity index (χ2v) is 18.7. The maximum atomic E-state index is 13.2. The van der Waals surface area contributed by atoms with Crippen LogP contribution in [0, 0.1) is 0 Å². The van der Waals surface area contributed by atoms with Gasteiger partial charge in [0.25, 0.3) is 0 Å².